The van der Waals surface area contributed by atoms with E-state index in [4.69, 9.17) is 0 Å². The summed E-state index contributed by atoms with van der Waals surface area (Å²) in [5.74, 6) is 0.121. The van der Waals surface area contributed by atoms with Gasteiger partial charge in [-0.15, -0.1) is 0 Å². The van der Waals surface area contributed by atoms with E-state index >= 15 is 0 Å². The molecule has 0 bridgehead atoms. The Morgan fingerprint density at radius 1 is 1.00 bits per heavy atom. The molecule has 1 N–H and O–H groups in total. The van der Waals surface area contributed by atoms with Crippen molar-refractivity contribution in [1.29, 1.82) is 0 Å². The highest BCUT2D eigenvalue weighted by molar-refractivity contribution is 5.85. The molecule has 0 atom stereocenters. The molecule has 0 saturated carbocycles. The van der Waals surface area contributed by atoms with Crippen molar-refractivity contribution >= 4 is 17.7 Å². The third-order valence-corrected chi connectivity index (χ3v) is 5.53. The zero-order chi connectivity index (χ0) is 19.1. The van der Waals surface area contributed by atoms with E-state index in [9.17, 15) is 14.4 Å². The molecule has 0 aromatic heterocycles. The highest BCUT2D eigenvalue weighted by Gasteiger charge is 2.29. The largest absolute Gasteiger partial charge is 0.352 e. The van der Waals surface area contributed by atoms with Gasteiger partial charge in [0.25, 0.3) is 0 Å². The fourth-order valence-electron chi connectivity index (χ4n) is 3.79. The summed E-state index contributed by atoms with van der Waals surface area (Å²) < 4.78 is 0. The van der Waals surface area contributed by atoms with Crippen LogP contribution in [0.2, 0.25) is 0 Å². The Labute approximate surface area is 160 Å². The standard InChI is InChI=1S/C21H29N3O3/c25-19-9-5-2-6-12-24(19)16-20(26)23-13-10-18(11-14-23)21(27)22-15-17-7-3-1-4-8-17/h1,3-4,7-8,18H,2,5-6,9-16H2,(H,22,27). The lowest BCUT2D eigenvalue weighted by atomic mass is 9.95. The predicted molar refractivity (Wildman–Crippen MR) is 103 cm³/mol. The van der Waals surface area contributed by atoms with Crippen LogP contribution in [0.4, 0.5) is 0 Å². The minimum absolute atomic E-state index is 0.00777. The normalized spacial score (nSPS) is 18.9. The number of nitrogens with one attached hydrogen (secondary N) is 1. The minimum atomic E-state index is -0.0439. The van der Waals surface area contributed by atoms with Crippen LogP contribution in [0, 0.1) is 5.92 Å². The van der Waals surface area contributed by atoms with Crippen molar-refractivity contribution in [2.45, 2.75) is 45.1 Å². The molecule has 6 nitrogen and oxygen atoms in total. The van der Waals surface area contributed by atoms with Crippen molar-refractivity contribution in [3.05, 3.63) is 35.9 Å². The molecule has 1 aromatic carbocycles. The summed E-state index contributed by atoms with van der Waals surface area (Å²) in [6.07, 6.45) is 4.87. The van der Waals surface area contributed by atoms with Gasteiger partial charge in [-0.25, -0.2) is 0 Å². The lowest BCUT2D eigenvalue weighted by Gasteiger charge is -2.33. The third-order valence-electron chi connectivity index (χ3n) is 5.53. The summed E-state index contributed by atoms with van der Waals surface area (Å²) >= 11 is 0. The second kappa shape index (κ2) is 9.53. The van der Waals surface area contributed by atoms with E-state index in [0.29, 0.717) is 45.4 Å². The van der Waals surface area contributed by atoms with Gasteiger partial charge in [-0.3, -0.25) is 14.4 Å². The first-order chi connectivity index (χ1) is 13.1. The zero-order valence-electron chi connectivity index (χ0n) is 15.9. The summed E-state index contributed by atoms with van der Waals surface area (Å²) in [7, 11) is 0. The molecular formula is C21H29N3O3. The molecule has 2 heterocycles. The van der Waals surface area contributed by atoms with Crippen LogP contribution < -0.4 is 5.32 Å². The van der Waals surface area contributed by atoms with E-state index in [1.54, 1.807) is 9.80 Å². The first-order valence-corrected chi connectivity index (χ1v) is 10.0. The quantitative estimate of drug-likeness (QED) is 0.860. The monoisotopic (exact) mass is 371 g/mol. The van der Waals surface area contributed by atoms with Gasteiger partial charge in [-0.2, -0.15) is 0 Å². The highest BCUT2D eigenvalue weighted by Crippen LogP contribution is 2.19. The van der Waals surface area contributed by atoms with Crippen LogP contribution >= 0.6 is 0 Å². The molecule has 0 spiro atoms. The van der Waals surface area contributed by atoms with Crippen molar-refractivity contribution in [2.24, 2.45) is 5.92 Å². The van der Waals surface area contributed by atoms with Gasteiger partial charge >= 0.3 is 0 Å². The van der Waals surface area contributed by atoms with E-state index in [-0.39, 0.29) is 30.2 Å². The van der Waals surface area contributed by atoms with E-state index < -0.39 is 0 Å². The van der Waals surface area contributed by atoms with Gasteiger partial charge in [0, 0.05) is 38.5 Å². The topological polar surface area (TPSA) is 69.7 Å². The molecule has 2 aliphatic rings. The van der Waals surface area contributed by atoms with Gasteiger partial charge in [0.05, 0.1) is 6.54 Å². The maximum absolute atomic E-state index is 12.5. The second-order valence-electron chi connectivity index (χ2n) is 7.48. The van der Waals surface area contributed by atoms with Gasteiger partial charge in [-0.05, 0) is 31.2 Å². The Hall–Kier alpha value is -2.37. The van der Waals surface area contributed by atoms with Gasteiger partial charge in [0.15, 0.2) is 0 Å². The van der Waals surface area contributed by atoms with Crippen LogP contribution in [-0.4, -0.2) is 53.7 Å². The number of nitrogens with zero attached hydrogens (tertiary/aromatic N) is 2. The van der Waals surface area contributed by atoms with Crippen LogP contribution in [0.15, 0.2) is 30.3 Å². The maximum atomic E-state index is 12.5. The molecule has 0 radical (unpaired) electrons. The molecule has 2 aliphatic heterocycles. The molecule has 3 amide bonds. The van der Waals surface area contributed by atoms with Crippen LogP contribution in [0.1, 0.15) is 44.1 Å². The summed E-state index contributed by atoms with van der Waals surface area (Å²) in [6.45, 7) is 2.58. The summed E-state index contributed by atoms with van der Waals surface area (Å²) in [4.78, 5) is 40.5. The Balaban J connectivity index is 1.41. The number of benzene rings is 1. The predicted octanol–water partition coefficient (Wildman–Crippen LogP) is 1.94. The number of hydrogen-bond acceptors (Lipinski definition) is 3. The van der Waals surface area contributed by atoms with Gasteiger partial charge in [0.2, 0.25) is 17.7 Å². The number of carbonyl (C=O) groups is 3. The van der Waals surface area contributed by atoms with E-state index in [0.717, 1.165) is 24.8 Å². The van der Waals surface area contributed by atoms with Crippen molar-refractivity contribution < 1.29 is 14.4 Å². The molecule has 0 aliphatic carbocycles. The average Bonchev–Trinajstić information content (AvgIpc) is 2.91. The molecule has 1 aromatic rings. The summed E-state index contributed by atoms with van der Waals surface area (Å²) in [6, 6.07) is 9.86. The Morgan fingerprint density at radius 2 is 1.74 bits per heavy atom. The smallest absolute Gasteiger partial charge is 0.242 e. The number of carbonyl (C=O) groups excluding carboxylic acids is 3. The highest BCUT2D eigenvalue weighted by atomic mass is 16.2. The summed E-state index contributed by atoms with van der Waals surface area (Å²) in [5, 5.41) is 3.00. The van der Waals surface area contributed by atoms with Crippen LogP contribution in [0.25, 0.3) is 0 Å². The van der Waals surface area contributed by atoms with Gasteiger partial charge in [0.1, 0.15) is 0 Å². The van der Waals surface area contributed by atoms with Crippen molar-refractivity contribution in [1.82, 2.24) is 15.1 Å². The molecule has 6 heteroatoms. The Kier molecular flexibility index (Phi) is 6.85. The minimum Gasteiger partial charge on any atom is -0.352 e. The van der Waals surface area contributed by atoms with E-state index in [2.05, 4.69) is 5.32 Å². The number of rotatable bonds is 5. The fraction of sp³-hybridized carbons (Fsp3) is 0.571. The summed E-state index contributed by atoms with van der Waals surface area (Å²) in [5.41, 5.74) is 1.08. The number of hydrogen-bond donors (Lipinski definition) is 1. The molecular weight excluding hydrogens is 342 g/mol. The number of piperidine rings is 1. The first kappa shape index (κ1) is 19.4. The fourth-order valence-corrected chi connectivity index (χ4v) is 3.79. The SMILES string of the molecule is O=C(NCc1ccccc1)C1CCN(C(=O)CN2CCCCCC2=O)CC1. The average molecular weight is 371 g/mol. The first-order valence-electron chi connectivity index (χ1n) is 10.0. The van der Waals surface area contributed by atoms with Crippen molar-refractivity contribution in [2.75, 3.05) is 26.2 Å². The molecule has 2 saturated heterocycles. The van der Waals surface area contributed by atoms with E-state index in [1.165, 1.54) is 0 Å². The molecule has 146 valence electrons. The Bertz CT molecular complexity index is 654. The van der Waals surface area contributed by atoms with Crippen LogP contribution in [0.3, 0.4) is 0 Å². The molecule has 2 fully saturated rings. The van der Waals surface area contributed by atoms with Gasteiger partial charge in [-0.1, -0.05) is 36.8 Å². The van der Waals surface area contributed by atoms with Crippen molar-refractivity contribution in [3.63, 3.8) is 0 Å². The van der Waals surface area contributed by atoms with Crippen LogP contribution in [-0.2, 0) is 20.9 Å². The Morgan fingerprint density at radius 3 is 2.48 bits per heavy atom. The molecule has 3 rings (SSSR count). The van der Waals surface area contributed by atoms with Crippen molar-refractivity contribution in [3.8, 4) is 0 Å². The maximum Gasteiger partial charge on any atom is 0.242 e. The molecule has 0 unspecified atom stereocenters. The zero-order valence-corrected chi connectivity index (χ0v) is 15.9. The number of likely N-dealkylation sites (tertiary alicyclic amines) is 2. The molecule has 27 heavy (non-hydrogen) atoms. The lowest BCUT2D eigenvalue weighted by Crippen LogP contribution is -2.47. The lowest BCUT2D eigenvalue weighted by molar-refractivity contribution is -0.141. The van der Waals surface area contributed by atoms with Crippen LogP contribution in [0.5, 0.6) is 0 Å². The van der Waals surface area contributed by atoms with E-state index in [1.807, 2.05) is 30.3 Å². The third kappa shape index (κ3) is 5.55. The second-order valence-corrected chi connectivity index (χ2v) is 7.48. The van der Waals surface area contributed by atoms with Gasteiger partial charge < -0.3 is 15.1 Å². The number of amides is 3.